The van der Waals surface area contributed by atoms with Gasteiger partial charge in [0.25, 0.3) is 0 Å². The van der Waals surface area contributed by atoms with Gasteiger partial charge in [0.05, 0.1) is 22.3 Å². The van der Waals surface area contributed by atoms with Gasteiger partial charge in [-0.15, -0.1) is 11.6 Å². The number of ether oxygens (including phenoxy) is 1. The van der Waals surface area contributed by atoms with E-state index in [1.54, 1.807) is 6.08 Å². The van der Waals surface area contributed by atoms with E-state index >= 15 is 0 Å². The minimum absolute atomic E-state index is 0.0563. The summed E-state index contributed by atoms with van der Waals surface area (Å²) in [6, 6.07) is 2.25. The summed E-state index contributed by atoms with van der Waals surface area (Å²) in [6.07, 6.45) is 4.20. The lowest BCUT2D eigenvalue weighted by atomic mass is 9.50. The number of allylic oxidation sites excluding steroid dienone is 4. The molecule has 2 rings (SSSR count). The molecule has 0 amide bonds. The summed E-state index contributed by atoms with van der Waals surface area (Å²) in [5.41, 5.74) is 6.70. The van der Waals surface area contributed by atoms with Crippen LogP contribution in [0.3, 0.4) is 0 Å². The number of rotatable bonds is 2. The second-order valence-corrected chi connectivity index (χ2v) is 8.15. The van der Waals surface area contributed by atoms with Gasteiger partial charge in [-0.3, -0.25) is 0 Å². The third-order valence-corrected chi connectivity index (χ3v) is 5.19. The third-order valence-electron chi connectivity index (χ3n) is 4.85. The molecule has 2 aliphatic rings. The Morgan fingerprint density at radius 1 is 1.25 bits per heavy atom. The minimum Gasteiger partial charge on any atom is -0.493 e. The predicted octanol–water partition coefficient (Wildman–Crippen LogP) is 3.50. The third kappa shape index (κ3) is 2.16. The number of nitriles is 1. The number of hydrogen-bond acceptors (Lipinski definition) is 3. The van der Waals surface area contributed by atoms with Gasteiger partial charge in [-0.1, -0.05) is 27.7 Å². The zero-order valence-corrected chi connectivity index (χ0v) is 13.6. The van der Waals surface area contributed by atoms with Crippen LogP contribution in [-0.2, 0) is 4.74 Å². The summed E-state index contributed by atoms with van der Waals surface area (Å²) in [4.78, 5) is -0.682. The lowest BCUT2D eigenvalue weighted by Crippen LogP contribution is -2.71. The molecular weight excluding hydrogens is 272 g/mol. The maximum absolute atomic E-state index is 9.06. The van der Waals surface area contributed by atoms with Gasteiger partial charge >= 0.3 is 0 Å². The molecule has 20 heavy (non-hydrogen) atoms. The molecule has 0 bridgehead atoms. The standard InChI is InChI=1S/C16H23ClN2O/c1-14(2)12(19)15(3,4)13(14)20-11-7-6-10(9-18)16(5,17)8-11/h6-7,12-13H,8,19H2,1-5H3. The van der Waals surface area contributed by atoms with Crippen LogP contribution in [0.1, 0.15) is 41.0 Å². The molecule has 3 nitrogen and oxygen atoms in total. The fraction of sp³-hybridized carbons (Fsp3) is 0.688. The molecular formula is C16H23ClN2O. The smallest absolute Gasteiger partial charge is 0.111 e. The predicted molar refractivity (Wildman–Crippen MR) is 81.1 cm³/mol. The first kappa shape index (κ1) is 15.4. The second-order valence-electron chi connectivity index (χ2n) is 7.32. The molecule has 0 aromatic rings. The van der Waals surface area contributed by atoms with Crippen molar-refractivity contribution < 1.29 is 4.74 Å². The van der Waals surface area contributed by atoms with Crippen LogP contribution in [0.2, 0.25) is 0 Å². The van der Waals surface area contributed by atoms with E-state index in [2.05, 4.69) is 33.8 Å². The molecule has 0 heterocycles. The van der Waals surface area contributed by atoms with Crippen LogP contribution in [-0.4, -0.2) is 17.0 Å². The van der Waals surface area contributed by atoms with E-state index in [0.29, 0.717) is 12.0 Å². The summed E-state index contributed by atoms with van der Waals surface area (Å²) in [7, 11) is 0. The largest absolute Gasteiger partial charge is 0.493 e. The van der Waals surface area contributed by atoms with Crippen LogP contribution in [0.15, 0.2) is 23.5 Å². The van der Waals surface area contributed by atoms with Crippen molar-refractivity contribution in [3.8, 4) is 6.07 Å². The topological polar surface area (TPSA) is 59.0 Å². The average Bonchev–Trinajstić information content (AvgIpc) is 2.33. The molecule has 2 aliphatic carbocycles. The molecule has 0 spiro atoms. The van der Waals surface area contributed by atoms with E-state index < -0.39 is 4.87 Å². The summed E-state index contributed by atoms with van der Waals surface area (Å²) >= 11 is 6.41. The molecule has 0 saturated heterocycles. The van der Waals surface area contributed by atoms with Crippen LogP contribution in [0, 0.1) is 22.2 Å². The van der Waals surface area contributed by atoms with Crippen LogP contribution in [0.5, 0.6) is 0 Å². The van der Waals surface area contributed by atoms with Crippen molar-refractivity contribution in [1.82, 2.24) is 0 Å². The molecule has 1 unspecified atom stereocenters. The van der Waals surface area contributed by atoms with Gasteiger partial charge in [-0.2, -0.15) is 5.26 Å². The Labute approximate surface area is 126 Å². The molecule has 1 fully saturated rings. The maximum atomic E-state index is 9.06. The van der Waals surface area contributed by atoms with Gasteiger partial charge in [0, 0.05) is 23.3 Å². The lowest BCUT2D eigenvalue weighted by molar-refractivity contribution is -0.183. The van der Waals surface area contributed by atoms with Crippen molar-refractivity contribution in [2.45, 2.75) is 58.1 Å². The zero-order valence-electron chi connectivity index (χ0n) is 12.8. The number of halogens is 1. The van der Waals surface area contributed by atoms with E-state index in [9.17, 15) is 0 Å². The van der Waals surface area contributed by atoms with Gasteiger partial charge in [0.15, 0.2) is 0 Å². The molecule has 1 atom stereocenters. The molecule has 0 radical (unpaired) electrons. The highest BCUT2D eigenvalue weighted by Gasteiger charge is 2.62. The lowest BCUT2D eigenvalue weighted by Gasteiger charge is -2.62. The van der Waals surface area contributed by atoms with Crippen molar-refractivity contribution in [2.75, 3.05) is 0 Å². The van der Waals surface area contributed by atoms with Gasteiger partial charge in [-0.05, 0) is 19.1 Å². The zero-order chi connectivity index (χ0) is 15.3. The van der Waals surface area contributed by atoms with Crippen molar-refractivity contribution in [2.24, 2.45) is 16.6 Å². The Morgan fingerprint density at radius 2 is 1.80 bits per heavy atom. The SMILES string of the molecule is CC1(Cl)CC(OC2C(C)(C)C(N)C2(C)C)=CC=C1C#N. The Hall–Kier alpha value is -0.980. The normalized spacial score (nSPS) is 38.1. The molecule has 0 aliphatic heterocycles. The van der Waals surface area contributed by atoms with Crippen molar-refractivity contribution in [1.29, 1.82) is 5.26 Å². The Morgan fingerprint density at radius 3 is 2.25 bits per heavy atom. The Kier molecular flexibility index (Phi) is 3.48. The van der Waals surface area contributed by atoms with E-state index in [1.807, 2.05) is 13.0 Å². The fourth-order valence-corrected chi connectivity index (χ4v) is 3.91. The van der Waals surface area contributed by atoms with Crippen molar-refractivity contribution in [3.63, 3.8) is 0 Å². The molecule has 1 saturated carbocycles. The molecule has 2 N–H and O–H groups in total. The Balaban J connectivity index is 2.19. The second kappa shape index (κ2) is 4.51. The summed E-state index contributed by atoms with van der Waals surface area (Å²) in [5.74, 6) is 0.833. The fourth-order valence-electron chi connectivity index (χ4n) is 3.67. The summed E-state index contributed by atoms with van der Waals surface area (Å²) in [6.45, 7) is 10.4. The van der Waals surface area contributed by atoms with Crippen LogP contribution in [0.25, 0.3) is 0 Å². The molecule has 110 valence electrons. The van der Waals surface area contributed by atoms with E-state index in [0.717, 1.165) is 5.76 Å². The van der Waals surface area contributed by atoms with E-state index in [1.165, 1.54) is 0 Å². The van der Waals surface area contributed by atoms with Crippen LogP contribution < -0.4 is 5.73 Å². The van der Waals surface area contributed by atoms with Gasteiger partial charge in [-0.25, -0.2) is 0 Å². The van der Waals surface area contributed by atoms with Crippen LogP contribution in [0.4, 0.5) is 0 Å². The maximum Gasteiger partial charge on any atom is 0.111 e. The van der Waals surface area contributed by atoms with E-state index in [-0.39, 0.29) is 23.0 Å². The van der Waals surface area contributed by atoms with Gasteiger partial charge < -0.3 is 10.5 Å². The highest BCUT2D eigenvalue weighted by molar-refractivity contribution is 6.26. The van der Waals surface area contributed by atoms with E-state index in [4.69, 9.17) is 27.3 Å². The monoisotopic (exact) mass is 294 g/mol. The first-order valence-corrected chi connectivity index (χ1v) is 7.34. The van der Waals surface area contributed by atoms with Gasteiger partial charge in [0.2, 0.25) is 0 Å². The van der Waals surface area contributed by atoms with Crippen molar-refractivity contribution in [3.05, 3.63) is 23.5 Å². The highest BCUT2D eigenvalue weighted by atomic mass is 35.5. The first-order chi connectivity index (χ1) is 9.03. The van der Waals surface area contributed by atoms with Gasteiger partial charge in [0.1, 0.15) is 6.10 Å². The summed E-state index contributed by atoms with van der Waals surface area (Å²) in [5, 5.41) is 9.06. The minimum atomic E-state index is -0.682. The average molecular weight is 295 g/mol. The summed E-state index contributed by atoms with van der Waals surface area (Å²) < 4.78 is 6.20. The number of nitrogens with two attached hydrogens (primary N) is 1. The quantitative estimate of drug-likeness (QED) is 0.793. The highest BCUT2D eigenvalue weighted by Crippen LogP contribution is 2.55. The first-order valence-electron chi connectivity index (χ1n) is 6.96. The Bertz CT molecular complexity index is 507. The number of alkyl halides is 1. The number of hydrogen-bond donors (Lipinski definition) is 1. The molecule has 0 aromatic carbocycles. The number of nitrogens with zero attached hydrogens (tertiary/aromatic N) is 1. The van der Waals surface area contributed by atoms with Crippen molar-refractivity contribution >= 4 is 11.6 Å². The molecule has 4 heteroatoms. The molecule has 0 aromatic heterocycles. The van der Waals surface area contributed by atoms with Crippen LogP contribution >= 0.6 is 11.6 Å².